The second kappa shape index (κ2) is 8.60. The van der Waals surface area contributed by atoms with Crippen LogP contribution in [0.5, 0.6) is 11.5 Å². The highest BCUT2D eigenvalue weighted by Gasteiger charge is 2.19. The van der Waals surface area contributed by atoms with E-state index in [4.69, 9.17) is 27.9 Å². The number of phenolic OH excluding ortho intramolecular Hbond substituents is 1. The number of aromatic hydroxyl groups is 1. The van der Waals surface area contributed by atoms with E-state index in [-0.39, 0.29) is 17.4 Å². The van der Waals surface area contributed by atoms with Crippen molar-refractivity contribution in [3.8, 4) is 11.5 Å². The first-order valence-electron chi connectivity index (χ1n) is 8.05. The highest BCUT2D eigenvalue weighted by atomic mass is 35.5. The van der Waals surface area contributed by atoms with Gasteiger partial charge in [0.15, 0.2) is 0 Å². The number of carbonyl (C=O) groups excluding carboxylic acids is 1. The number of phenols is 1. The third-order valence-corrected chi connectivity index (χ3v) is 4.58. The standard InChI is InChI=1S/C19H20Cl2FNO3/c1-10(2)13-6-11(4-5-17(13)24)7-14-15(20)8-12(9-16(14)21)26-18(22)19(25)23-3/h4-6,8-10,18,24H,7H2,1-3H3,(H,23,25). The predicted octanol–water partition coefficient (Wildman–Crippen LogP) is 4.83. The topological polar surface area (TPSA) is 58.6 Å². The van der Waals surface area contributed by atoms with Crippen LogP contribution >= 0.6 is 23.2 Å². The van der Waals surface area contributed by atoms with Crippen LogP contribution in [0.25, 0.3) is 0 Å². The van der Waals surface area contributed by atoms with Crippen molar-refractivity contribution in [2.24, 2.45) is 0 Å². The number of rotatable bonds is 6. The lowest BCUT2D eigenvalue weighted by molar-refractivity contribution is -0.134. The number of benzene rings is 2. The molecule has 7 heteroatoms. The van der Waals surface area contributed by atoms with Gasteiger partial charge in [-0.05, 0) is 40.8 Å². The van der Waals surface area contributed by atoms with Gasteiger partial charge in [0.05, 0.1) is 0 Å². The molecular formula is C19H20Cl2FNO3. The minimum atomic E-state index is -2.15. The molecule has 0 aliphatic rings. The van der Waals surface area contributed by atoms with Crippen LogP contribution < -0.4 is 10.1 Å². The molecule has 0 spiro atoms. The second-order valence-corrected chi connectivity index (χ2v) is 6.95. The molecule has 0 radical (unpaired) electrons. The third kappa shape index (κ3) is 4.80. The van der Waals surface area contributed by atoms with Crippen molar-refractivity contribution < 1.29 is 19.0 Å². The van der Waals surface area contributed by atoms with Crippen molar-refractivity contribution in [1.29, 1.82) is 0 Å². The molecule has 0 bridgehead atoms. The van der Waals surface area contributed by atoms with Crippen molar-refractivity contribution in [2.75, 3.05) is 7.05 Å². The number of carbonyl (C=O) groups is 1. The maximum absolute atomic E-state index is 13.6. The van der Waals surface area contributed by atoms with Gasteiger partial charge in [-0.15, -0.1) is 0 Å². The van der Waals surface area contributed by atoms with Crippen molar-refractivity contribution in [1.82, 2.24) is 5.32 Å². The molecule has 26 heavy (non-hydrogen) atoms. The molecule has 0 aliphatic carbocycles. The van der Waals surface area contributed by atoms with Gasteiger partial charge in [-0.25, -0.2) is 0 Å². The Kier molecular flexibility index (Phi) is 6.73. The SMILES string of the molecule is CNC(=O)C(F)Oc1cc(Cl)c(Cc2ccc(O)c(C(C)C)c2)c(Cl)c1. The van der Waals surface area contributed by atoms with Gasteiger partial charge >= 0.3 is 6.36 Å². The van der Waals surface area contributed by atoms with Gasteiger partial charge in [-0.2, -0.15) is 4.39 Å². The Hall–Kier alpha value is -1.98. The first-order chi connectivity index (χ1) is 12.2. The summed E-state index contributed by atoms with van der Waals surface area (Å²) in [5.41, 5.74) is 2.41. The highest BCUT2D eigenvalue weighted by molar-refractivity contribution is 6.36. The lowest BCUT2D eigenvalue weighted by Crippen LogP contribution is -2.32. The summed E-state index contributed by atoms with van der Waals surface area (Å²) in [6.45, 7) is 3.98. The van der Waals surface area contributed by atoms with E-state index in [0.29, 0.717) is 22.0 Å². The number of alkyl halides is 1. The molecular weight excluding hydrogens is 380 g/mol. The molecule has 4 nitrogen and oxygen atoms in total. The molecule has 1 unspecified atom stereocenters. The monoisotopic (exact) mass is 399 g/mol. The molecule has 0 aromatic heterocycles. The van der Waals surface area contributed by atoms with Gasteiger partial charge in [-0.1, -0.05) is 49.2 Å². The Bertz CT molecular complexity index is 788. The van der Waals surface area contributed by atoms with E-state index in [1.165, 1.54) is 19.2 Å². The third-order valence-electron chi connectivity index (χ3n) is 3.90. The van der Waals surface area contributed by atoms with Crippen LogP contribution in [0.2, 0.25) is 10.0 Å². The summed E-state index contributed by atoms with van der Waals surface area (Å²) >= 11 is 12.6. The number of hydrogen-bond donors (Lipinski definition) is 2. The van der Waals surface area contributed by atoms with E-state index in [9.17, 15) is 14.3 Å². The minimum Gasteiger partial charge on any atom is -0.508 e. The molecule has 0 fully saturated rings. The van der Waals surface area contributed by atoms with Gasteiger partial charge < -0.3 is 15.2 Å². The number of likely N-dealkylation sites (N-methyl/N-ethyl adjacent to an activating group) is 1. The van der Waals surface area contributed by atoms with Gasteiger partial charge in [0.25, 0.3) is 5.91 Å². The fourth-order valence-corrected chi connectivity index (χ4v) is 3.08. The molecule has 0 aliphatic heterocycles. The van der Waals surface area contributed by atoms with Gasteiger partial charge in [0, 0.05) is 23.5 Å². The van der Waals surface area contributed by atoms with Crippen molar-refractivity contribution >= 4 is 29.1 Å². The van der Waals surface area contributed by atoms with E-state index >= 15 is 0 Å². The van der Waals surface area contributed by atoms with Crippen molar-refractivity contribution in [2.45, 2.75) is 32.5 Å². The summed E-state index contributed by atoms with van der Waals surface area (Å²) in [5, 5.41) is 12.7. The van der Waals surface area contributed by atoms with E-state index in [1.54, 1.807) is 12.1 Å². The molecule has 0 saturated heterocycles. The molecule has 2 rings (SSSR count). The quantitative estimate of drug-likeness (QED) is 0.730. The van der Waals surface area contributed by atoms with Crippen LogP contribution in [0.15, 0.2) is 30.3 Å². The Morgan fingerprint density at radius 2 is 1.85 bits per heavy atom. The maximum atomic E-state index is 13.6. The average molecular weight is 400 g/mol. The number of nitrogens with one attached hydrogen (secondary N) is 1. The summed E-state index contributed by atoms with van der Waals surface area (Å²) in [5.74, 6) is -0.421. The average Bonchev–Trinajstić information content (AvgIpc) is 2.58. The summed E-state index contributed by atoms with van der Waals surface area (Å²) in [7, 11) is 1.31. The Labute approximate surface area is 161 Å². The number of ether oxygens (including phenoxy) is 1. The van der Waals surface area contributed by atoms with E-state index < -0.39 is 12.3 Å². The maximum Gasteiger partial charge on any atom is 0.316 e. The Morgan fingerprint density at radius 3 is 2.38 bits per heavy atom. The number of hydrogen-bond acceptors (Lipinski definition) is 3. The summed E-state index contributed by atoms with van der Waals surface area (Å²) in [6.07, 6.45) is -1.71. The molecule has 140 valence electrons. The second-order valence-electron chi connectivity index (χ2n) is 6.14. The van der Waals surface area contributed by atoms with E-state index in [0.717, 1.165) is 11.1 Å². The molecule has 0 saturated carbocycles. The number of amides is 1. The summed E-state index contributed by atoms with van der Waals surface area (Å²) in [4.78, 5) is 11.2. The van der Waals surface area contributed by atoms with Crippen LogP contribution in [0.3, 0.4) is 0 Å². The van der Waals surface area contributed by atoms with Gasteiger partial charge in [0.1, 0.15) is 11.5 Å². The first kappa shape index (κ1) is 20.3. The van der Waals surface area contributed by atoms with Crippen LogP contribution in [-0.4, -0.2) is 24.4 Å². The van der Waals surface area contributed by atoms with Crippen LogP contribution in [0.4, 0.5) is 4.39 Å². The Balaban J connectivity index is 2.26. The molecule has 1 atom stereocenters. The van der Waals surface area contributed by atoms with Gasteiger partial charge in [-0.3, -0.25) is 4.79 Å². The van der Waals surface area contributed by atoms with E-state index in [1.807, 2.05) is 19.9 Å². The van der Waals surface area contributed by atoms with E-state index in [2.05, 4.69) is 5.32 Å². The fraction of sp³-hybridized carbons (Fsp3) is 0.316. The zero-order valence-electron chi connectivity index (χ0n) is 14.6. The first-order valence-corrected chi connectivity index (χ1v) is 8.80. The summed E-state index contributed by atoms with van der Waals surface area (Å²) in [6, 6.07) is 8.17. The van der Waals surface area contributed by atoms with Crippen LogP contribution in [0, 0.1) is 0 Å². The normalized spacial score (nSPS) is 12.1. The zero-order valence-corrected chi connectivity index (χ0v) is 16.2. The summed E-state index contributed by atoms with van der Waals surface area (Å²) < 4.78 is 18.5. The lowest BCUT2D eigenvalue weighted by Gasteiger charge is -2.15. The molecule has 0 heterocycles. The van der Waals surface area contributed by atoms with Crippen LogP contribution in [-0.2, 0) is 11.2 Å². The highest BCUT2D eigenvalue weighted by Crippen LogP contribution is 2.34. The predicted molar refractivity (Wildman–Crippen MR) is 101 cm³/mol. The van der Waals surface area contributed by atoms with Crippen LogP contribution in [0.1, 0.15) is 36.5 Å². The molecule has 2 aromatic rings. The lowest BCUT2D eigenvalue weighted by atomic mass is 9.96. The number of halogens is 3. The smallest absolute Gasteiger partial charge is 0.316 e. The van der Waals surface area contributed by atoms with Crippen molar-refractivity contribution in [3.05, 3.63) is 57.1 Å². The molecule has 1 amide bonds. The molecule has 2 aromatic carbocycles. The zero-order chi connectivity index (χ0) is 19.4. The largest absolute Gasteiger partial charge is 0.508 e. The van der Waals surface area contributed by atoms with Crippen molar-refractivity contribution in [3.63, 3.8) is 0 Å². The Morgan fingerprint density at radius 1 is 1.23 bits per heavy atom. The fourth-order valence-electron chi connectivity index (χ4n) is 2.48. The minimum absolute atomic E-state index is 0.0634. The van der Waals surface area contributed by atoms with Gasteiger partial charge in [0.2, 0.25) is 0 Å². The molecule has 2 N–H and O–H groups in total.